The SMILES string of the molecule is Oc1ccc(CCCCc2ccco2)cc1O. The van der Waals surface area contributed by atoms with E-state index in [-0.39, 0.29) is 11.5 Å². The van der Waals surface area contributed by atoms with Crippen LogP contribution in [0.4, 0.5) is 0 Å². The van der Waals surface area contributed by atoms with Crippen LogP contribution >= 0.6 is 0 Å². The van der Waals surface area contributed by atoms with Crippen molar-refractivity contribution in [2.24, 2.45) is 0 Å². The highest BCUT2D eigenvalue weighted by Gasteiger charge is 2.01. The molecule has 2 rings (SSSR count). The number of hydrogen-bond acceptors (Lipinski definition) is 3. The van der Waals surface area contributed by atoms with Crippen LogP contribution in [0.15, 0.2) is 41.0 Å². The molecule has 3 heteroatoms. The van der Waals surface area contributed by atoms with Gasteiger partial charge in [-0.15, -0.1) is 0 Å². The lowest BCUT2D eigenvalue weighted by Crippen LogP contribution is -1.88. The van der Waals surface area contributed by atoms with Gasteiger partial charge in [0.15, 0.2) is 11.5 Å². The minimum absolute atomic E-state index is 0.0477. The minimum Gasteiger partial charge on any atom is -0.504 e. The molecule has 0 fully saturated rings. The average molecular weight is 232 g/mol. The maximum absolute atomic E-state index is 9.34. The third-order valence-corrected chi connectivity index (χ3v) is 2.76. The van der Waals surface area contributed by atoms with Gasteiger partial charge in [0.25, 0.3) is 0 Å². The van der Waals surface area contributed by atoms with Gasteiger partial charge in [0.1, 0.15) is 5.76 Å². The molecule has 0 aliphatic heterocycles. The van der Waals surface area contributed by atoms with Gasteiger partial charge >= 0.3 is 0 Å². The molecule has 1 heterocycles. The summed E-state index contributed by atoms with van der Waals surface area (Å²) < 4.78 is 5.25. The van der Waals surface area contributed by atoms with Crippen LogP contribution in [0, 0.1) is 0 Å². The van der Waals surface area contributed by atoms with Crippen LogP contribution in [0.2, 0.25) is 0 Å². The number of phenols is 2. The highest BCUT2D eigenvalue weighted by atomic mass is 16.3. The Kier molecular flexibility index (Phi) is 3.70. The molecule has 0 aliphatic rings. The topological polar surface area (TPSA) is 53.6 Å². The van der Waals surface area contributed by atoms with Crippen molar-refractivity contribution in [1.82, 2.24) is 0 Å². The van der Waals surface area contributed by atoms with E-state index in [2.05, 4.69) is 0 Å². The average Bonchev–Trinajstić information content (AvgIpc) is 2.82. The molecule has 0 aliphatic carbocycles. The largest absolute Gasteiger partial charge is 0.504 e. The number of unbranched alkanes of at least 4 members (excludes halogenated alkanes) is 1. The zero-order valence-electron chi connectivity index (χ0n) is 9.60. The van der Waals surface area contributed by atoms with Crippen molar-refractivity contribution in [3.8, 4) is 11.5 Å². The maximum Gasteiger partial charge on any atom is 0.157 e. The van der Waals surface area contributed by atoms with Gasteiger partial charge in [-0.1, -0.05) is 6.07 Å². The van der Waals surface area contributed by atoms with E-state index in [1.165, 1.54) is 6.07 Å². The molecule has 0 unspecified atom stereocenters. The molecule has 0 radical (unpaired) electrons. The number of benzene rings is 1. The quantitative estimate of drug-likeness (QED) is 0.614. The Hall–Kier alpha value is -1.90. The Morgan fingerprint density at radius 1 is 0.941 bits per heavy atom. The van der Waals surface area contributed by atoms with Crippen LogP contribution in [-0.4, -0.2) is 10.2 Å². The number of aromatic hydroxyl groups is 2. The Morgan fingerprint density at radius 3 is 2.47 bits per heavy atom. The summed E-state index contributed by atoms with van der Waals surface area (Å²) in [5, 5.41) is 18.5. The molecular formula is C14H16O3. The van der Waals surface area contributed by atoms with Crippen molar-refractivity contribution in [3.05, 3.63) is 47.9 Å². The second-order valence-electron chi connectivity index (χ2n) is 4.11. The minimum atomic E-state index is -0.0654. The molecule has 90 valence electrons. The summed E-state index contributed by atoms with van der Waals surface area (Å²) in [6.07, 6.45) is 5.61. The molecule has 0 saturated carbocycles. The Morgan fingerprint density at radius 2 is 1.76 bits per heavy atom. The predicted molar refractivity (Wildman–Crippen MR) is 65.1 cm³/mol. The summed E-state index contributed by atoms with van der Waals surface area (Å²) in [7, 11) is 0. The second-order valence-corrected chi connectivity index (χ2v) is 4.11. The predicted octanol–water partition coefficient (Wildman–Crippen LogP) is 3.26. The van der Waals surface area contributed by atoms with Crippen molar-refractivity contribution in [3.63, 3.8) is 0 Å². The van der Waals surface area contributed by atoms with Gasteiger partial charge in [-0.05, 0) is 49.1 Å². The zero-order valence-corrected chi connectivity index (χ0v) is 9.60. The first-order valence-electron chi connectivity index (χ1n) is 5.79. The molecule has 0 amide bonds. The molecule has 0 atom stereocenters. The normalized spacial score (nSPS) is 10.6. The monoisotopic (exact) mass is 232 g/mol. The molecule has 2 aromatic rings. The smallest absolute Gasteiger partial charge is 0.157 e. The van der Waals surface area contributed by atoms with E-state index < -0.39 is 0 Å². The van der Waals surface area contributed by atoms with Gasteiger partial charge in [0.05, 0.1) is 6.26 Å². The third kappa shape index (κ3) is 3.28. The summed E-state index contributed by atoms with van der Waals surface area (Å²) in [6, 6.07) is 8.85. The molecule has 0 bridgehead atoms. The molecular weight excluding hydrogens is 216 g/mol. The molecule has 3 nitrogen and oxygen atoms in total. The van der Waals surface area contributed by atoms with Crippen molar-refractivity contribution in [2.45, 2.75) is 25.7 Å². The fourth-order valence-corrected chi connectivity index (χ4v) is 1.81. The fraction of sp³-hybridized carbons (Fsp3) is 0.286. The first kappa shape index (κ1) is 11.6. The Bertz CT molecular complexity index is 460. The number of phenolic OH excluding ortho intramolecular Hbond substituents is 2. The second kappa shape index (κ2) is 5.43. The summed E-state index contributed by atoms with van der Waals surface area (Å²) in [4.78, 5) is 0. The van der Waals surface area contributed by atoms with Crippen molar-refractivity contribution in [2.75, 3.05) is 0 Å². The molecule has 1 aromatic heterocycles. The fourth-order valence-electron chi connectivity index (χ4n) is 1.81. The summed E-state index contributed by atoms with van der Waals surface area (Å²) in [6.45, 7) is 0. The summed E-state index contributed by atoms with van der Waals surface area (Å²) in [5.41, 5.74) is 1.04. The highest BCUT2D eigenvalue weighted by Crippen LogP contribution is 2.25. The number of furan rings is 1. The maximum atomic E-state index is 9.34. The van der Waals surface area contributed by atoms with Crippen LogP contribution in [0.3, 0.4) is 0 Å². The van der Waals surface area contributed by atoms with E-state index >= 15 is 0 Å². The lowest BCUT2D eigenvalue weighted by molar-refractivity contribution is 0.403. The number of aryl methyl sites for hydroxylation is 2. The lowest BCUT2D eigenvalue weighted by Gasteiger charge is -2.03. The molecule has 17 heavy (non-hydrogen) atoms. The number of rotatable bonds is 5. The standard InChI is InChI=1S/C14H16O3/c15-13-8-7-11(10-14(13)16)4-1-2-5-12-6-3-9-17-12/h3,6-10,15-16H,1-2,4-5H2. The first-order valence-corrected chi connectivity index (χ1v) is 5.79. The van der Waals surface area contributed by atoms with Gasteiger partial charge in [0, 0.05) is 6.42 Å². The molecule has 0 saturated heterocycles. The van der Waals surface area contributed by atoms with Gasteiger partial charge in [-0.3, -0.25) is 0 Å². The van der Waals surface area contributed by atoms with Gasteiger partial charge < -0.3 is 14.6 Å². The van der Waals surface area contributed by atoms with Gasteiger partial charge in [0.2, 0.25) is 0 Å². The van der Waals surface area contributed by atoms with E-state index in [1.807, 2.05) is 18.2 Å². The highest BCUT2D eigenvalue weighted by molar-refractivity contribution is 5.40. The van der Waals surface area contributed by atoms with Crippen LogP contribution in [0.25, 0.3) is 0 Å². The third-order valence-electron chi connectivity index (χ3n) is 2.76. The summed E-state index contributed by atoms with van der Waals surface area (Å²) >= 11 is 0. The summed E-state index contributed by atoms with van der Waals surface area (Å²) in [5.74, 6) is 0.899. The van der Waals surface area contributed by atoms with Crippen molar-refractivity contribution < 1.29 is 14.6 Å². The van der Waals surface area contributed by atoms with Crippen molar-refractivity contribution >= 4 is 0 Å². The number of hydrogen-bond donors (Lipinski definition) is 2. The molecule has 1 aromatic carbocycles. The van der Waals surface area contributed by atoms with Crippen molar-refractivity contribution in [1.29, 1.82) is 0 Å². The van der Waals surface area contributed by atoms with E-state index in [0.29, 0.717) is 0 Å². The van der Waals surface area contributed by atoms with Gasteiger partial charge in [-0.25, -0.2) is 0 Å². The first-order chi connectivity index (χ1) is 8.25. The zero-order chi connectivity index (χ0) is 12.1. The van der Waals surface area contributed by atoms with E-state index in [9.17, 15) is 10.2 Å². The lowest BCUT2D eigenvalue weighted by atomic mass is 10.1. The molecule has 0 spiro atoms. The van der Waals surface area contributed by atoms with Crippen LogP contribution < -0.4 is 0 Å². The van der Waals surface area contributed by atoms with E-state index in [1.54, 1.807) is 12.3 Å². The van der Waals surface area contributed by atoms with Crippen LogP contribution in [-0.2, 0) is 12.8 Å². The van der Waals surface area contributed by atoms with Crippen LogP contribution in [0.1, 0.15) is 24.2 Å². The van der Waals surface area contributed by atoms with E-state index in [4.69, 9.17) is 4.42 Å². The van der Waals surface area contributed by atoms with Gasteiger partial charge in [-0.2, -0.15) is 0 Å². The Labute approximate surface area is 100 Å². The molecule has 2 N–H and O–H groups in total. The van der Waals surface area contributed by atoms with E-state index in [0.717, 1.165) is 37.0 Å². The Balaban J connectivity index is 1.76. The van der Waals surface area contributed by atoms with Crippen LogP contribution in [0.5, 0.6) is 11.5 Å².